The number of para-hydroxylation sites is 1. The van der Waals surface area contributed by atoms with Gasteiger partial charge in [-0.25, -0.2) is 4.98 Å². The van der Waals surface area contributed by atoms with Crippen LogP contribution in [0.2, 0.25) is 0 Å². The summed E-state index contributed by atoms with van der Waals surface area (Å²) in [7, 11) is 1.61. The summed E-state index contributed by atoms with van der Waals surface area (Å²) >= 11 is 0. The van der Waals surface area contributed by atoms with Crippen molar-refractivity contribution in [3.63, 3.8) is 0 Å². The van der Waals surface area contributed by atoms with Gasteiger partial charge < -0.3 is 14.7 Å². The molecule has 130 valence electrons. The molecule has 25 heavy (non-hydrogen) atoms. The fourth-order valence-electron chi connectivity index (χ4n) is 3.20. The van der Waals surface area contributed by atoms with Crippen LogP contribution in [0.15, 0.2) is 36.4 Å². The molecule has 2 aromatic heterocycles. The molecule has 2 heterocycles. The number of nitrogens with one attached hydrogen (secondary N) is 1. The number of benzene rings is 1. The highest BCUT2D eigenvalue weighted by atomic mass is 16.1. The number of rotatable bonds is 6. The number of hydrogen-bond donors (Lipinski definition) is 1. The Kier molecular flexibility index (Phi) is 4.83. The second-order valence-electron chi connectivity index (χ2n) is 6.56. The van der Waals surface area contributed by atoms with Gasteiger partial charge in [0.1, 0.15) is 11.9 Å². The number of nitrogens with zero attached hydrogens (tertiary/aromatic N) is 2. The second-order valence-corrected chi connectivity index (χ2v) is 6.56. The van der Waals surface area contributed by atoms with E-state index in [2.05, 4.69) is 25.2 Å². The fourth-order valence-corrected chi connectivity index (χ4v) is 3.20. The minimum Gasteiger partial charge on any atom is -0.359 e. The smallest absolute Gasteiger partial charge is 0.219 e. The molecule has 0 radical (unpaired) electrons. The number of aromatic nitrogens is 2. The minimum atomic E-state index is -0.422. The van der Waals surface area contributed by atoms with Crippen molar-refractivity contribution in [1.29, 1.82) is 0 Å². The lowest BCUT2D eigenvalue weighted by molar-refractivity contribution is -0.121. The number of hydrogen-bond acceptors (Lipinski definition) is 3. The highest BCUT2D eigenvalue weighted by Crippen LogP contribution is 2.32. The third kappa shape index (κ3) is 3.14. The van der Waals surface area contributed by atoms with Crippen LogP contribution < -0.4 is 5.32 Å². The van der Waals surface area contributed by atoms with Crippen molar-refractivity contribution in [3.8, 4) is 0 Å². The maximum atomic E-state index is 11.8. The van der Waals surface area contributed by atoms with Crippen molar-refractivity contribution in [1.82, 2.24) is 14.9 Å². The minimum absolute atomic E-state index is 0.0663. The van der Waals surface area contributed by atoms with Gasteiger partial charge in [-0.1, -0.05) is 32.0 Å². The molecule has 1 unspecified atom stereocenters. The Morgan fingerprint density at radius 1 is 1.20 bits per heavy atom. The molecule has 1 aromatic carbocycles. The van der Waals surface area contributed by atoms with Crippen LogP contribution in [0.25, 0.3) is 21.9 Å². The molecule has 0 saturated heterocycles. The summed E-state index contributed by atoms with van der Waals surface area (Å²) < 4.78 is 1.98. The van der Waals surface area contributed by atoms with Gasteiger partial charge in [0, 0.05) is 29.9 Å². The average Bonchev–Trinajstić information content (AvgIpc) is 2.96. The van der Waals surface area contributed by atoms with Gasteiger partial charge in [-0.3, -0.25) is 4.79 Å². The monoisotopic (exact) mass is 337 g/mol. The molecule has 0 fully saturated rings. The highest BCUT2D eigenvalue weighted by molar-refractivity contribution is 6.07. The van der Waals surface area contributed by atoms with Crippen molar-refractivity contribution in [3.05, 3.63) is 42.1 Å². The number of carbonyl (C=O) groups is 2. The van der Waals surface area contributed by atoms with E-state index in [1.807, 2.05) is 34.9 Å². The quantitative estimate of drug-likeness (QED) is 0.699. The molecule has 0 bridgehead atoms. The van der Waals surface area contributed by atoms with E-state index < -0.39 is 6.04 Å². The lowest BCUT2D eigenvalue weighted by Crippen LogP contribution is -2.20. The zero-order valence-electron chi connectivity index (χ0n) is 14.8. The van der Waals surface area contributed by atoms with Gasteiger partial charge in [0.05, 0.1) is 11.6 Å². The van der Waals surface area contributed by atoms with Crippen molar-refractivity contribution in [2.24, 2.45) is 0 Å². The van der Waals surface area contributed by atoms with Crippen molar-refractivity contribution < 1.29 is 9.59 Å². The first-order valence-electron chi connectivity index (χ1n) is 8.62. The van der Waals surface area contributed by atoms with Crippen LogP contribution in [0.3, 0.4) is 0 Å². The summed E-state index contributed by atoms with van der Waals surface area (Å²) in [4.78, 5) is 28.3. The molecular formula is C20H23N3O2. The van der Waals surface area contributed by atoms with Crippen LogP contribution in [0, 0.1) is 0 Å². The van der Waals surface area contributed by atoms with E-state index in [0.717, 1.165) is 33.9 Å². The Morgan fingerprint density at radius 3 is 2.64 bits per heavy atom. The standard InChI is InChI=1S/C20H23N3O2/c1-13(2)17-10-9-16-15-6-4-5-7-18(15)23(20(16)22-17)14(12-24)8-11-19(25)21-3/h4-7,9-10,12-14H,8,11H2,1-3H3,(H,21,25). The van der Waals surface area contributed by atoms with Crippen LogP contribution in [0.4, 0.5) is 0 Å². The van der Waals surface area contributed by atoms with Crippen LogP contribution in [0.5, 0.6) is 0 Å². The predicted molar refractivity (Wildman–Crippen MR) is 99.7 cm³/mol. The average molecular weight is 337 g/mol. The summed E-state index contributed by atoms with van der Waals surface area (Å²) in [5.74, 6) is 0.236. The first-order valence-corrected chi connectivity index (χ1v) is 8.62. The largest absolute Gasteiger partial charge is 0.359 e. The van der Waals surface area contributed by atoms with E-state index in [-0.39, 0.29) is 5.91 Å². The lowest BCUT2D eigenvalue weighted by atomic mass is 10.1. The Bertz CT molecular complexity index is 927. The number of aldehydes is 1. The zero-order valence-corrected chi connectivity index (χ0v) is 14.8. The third-order valence-electron chi connectivity index (χ3n) is 4.60. The van der Waals surface area contributed by atoms with Crippen LogP contribution in [-0.2, 0) is 9.59 Å². The topological polar surface area (TPSA) is 64.0 Å². The Balaban J connectivity index is 2.20. The van der Waals surface area contributed by atoms with Gasteiger partial charge in [0.25, 0.3) is 0 Å². The summed E-state index contributed by atoms with van der Waals surface area (Å²) in [5, 5.41) is 4.72. The Morgan fingerprint density at radius 2 is 1.96 bits per heavy atom. The summed E-state index contributed by atoms with van der Waals surface area (Å²) in [6.45, 7) is 4.20. The lowest BCUT2D eigenvalue weighted by Gasteiger charge is -2.15. The molecule has 3 rings (SSSR count). The van der Waals surface area contributed by atoms with Crippen LogP contribution in [0.1, 0.15) is 44.3 Å². The van der Waals surface area contributed by atoms with Crippen molar-refractivity contribution in [2.45, 2.75) is 38.6 Å². The normalized spacial score (nSPS) is 12.6. The van der Waals surface area contributed by atoms with E-state index in [1.54, 1.807) is 7.05 Å². The molecule has 0 aliphatic carbocycles. The van der Waals surface area contributed by atoms with Gasteiger partial charge in [-0.15, -0.1) is 0 Å². The van der Waals surface area contributed by atoms with Gasteiger partial charge in [-0.2, -0.15) is 0 Å². The van der Waals surface area contributed by atoms with Crippen molar-refractivity contribution >= 4 is 34.1 Å². The SMILES string of the molecule is CNC(=O)CCC(C=O)n1c2ccccc2c2ccc(C(C)C)nc21. The molecule has 1 N–H and O–H groups in total. The zero-order chi connectivity index (χ0) is 18.0. The molecule has 1 amide bonds. The van der Waals surface area contributed by atoms with E-state index in [4.69, 9.17) is 4.98 Å². The Labute approximate surface area is 147 Å². The van der Waals surface area contributed by atoms with E-state index >= 15 is 0 Å². The molecule has 0 saturated carbocycles. The summed E-state index contributed by atoms with van der Waals surface area (Å²) in [6, 6.07) is 11.7. The molecule has 0 spiro atoms. The molecule has 3 aromatic rings. The summed E-state index contributed by atoms with van der Waals surface area (Å²) in [5.41, 5.74) is 2.77. The second kappa shape index (κ2) is 7.05. The van der Waals surface area contributed by atoms with Gasteiger partial charge >= 0.3 is 0 Å². The Hall–Kier alpha value is -2.69. The molecule has 5 heteroatoms. The number of pyridine rings is 1. The van der Waals surface area contributed by atoms with Crippen LogP contribution in [-0.4, -0.2) is 28.8 Å². The molecule has 5 nitrogen and oxygen atoms in total. The van der Waals surface area contributed by atoms with Crippen LogP contribution >= 0.6 is 0 Å². The van der Waals surface area contributed by atoms with Gasteiger partial charge in [-0.05, 0) is 30.5 Å². The predicted octanol–water partition coefficient (Wildman–Crippen LogP) is 3.58. The van der Waals surface area contributed by atoms with Crippen molar-refractivity contribution in [2.75, 3.05) is 7.05 Å². The number of amides is 1. The maximum Gasteiger partial charge on any atom is 0.219 e. The number of fused-ring (bicyclic) bond motifs is 3. The summed E-state index contributed by atoms with van der Waals surface area (Å²) in [6.07, 6.45) is 1.67. The third-order valence-corrected chi connectivity index (χ3v) is 4.60. The maximum absolute atomic E-state index is 11.8. The van der Waals surface area contributed by atoms with Gasteiger partial charge in [0.2, 0.25) is 5.91 Å². The fraction of sp³-hybridized carbons (Fsp3) is 0.350. The molecular weight excluding hydrogens is 314 g/mol. The highest BCUT2D eigenvalue weighted by Gasteiger charge is 2.20. The van der Waals surface area contributed by atoms with E-state index in [0.29, 0.717) is 18.8 Å². The van der Waals surface area contributed by atoms with E-state index in [1.165, 1.54) is 0 Å². The first-order chi connectivity index (χ1) is 12.1. The number of carbonyl (C=O) groups excluding carboxylic acids is 2. The van der Waals surface area contributed by atoms with E-state index in [9.17, 15) is 9.59 Å². The molecule has 0 aliphatic rings. The first kappa shape index (κ1) is 17.1. The molecule has 1 atom stereocenters. The molecule has 0 aliphatic heterocycles. The van der Waals surface area contributed by atoms with Gasteiger partial charge in [0.15, 0.2) is 0 Å².